The van der Waals surface area contributed by atoms with Gasteiger partial charge < -0.3 is 10.2 Å². The van der Waals surface area contributed by atoms with Crippen molar-refractivity contribution in [3.63, 3.8) is 0 Å². The van der Waals surface area contributed by atoms with Gasteiger partial charge in [-0.1, -0.05) is 18.2 Å². The van der Waals surface area contributed by atoms with E-state index in [0.29, 0.717) is 12.1 Å². The van der Waals surface area contributed by atoms with E-state index in [9.17, 15) is 45.5 Å². The molecule has 2 aromatic carbocycles. The highest BCUT2D eigenvalue weighted by Crippen LogP contribution is 2.40. The molecule has 1 fully saturated rings. The molecule has 1 unspecified atom stereocenters. The molecule has 37 heavy (non-hydrogen) atoms. The van der Waals surface area contributed by atoms with Gasteiger partial charge in [0.15, 0.2) is 6.04 Å². The van der Waals surface area contributed by atoms with Gasteiger partial charge in [-0.3, -0.25) is 24.5 Å². The molecule has 7 nitrogen and oxygen atoms in total. The molecule has 0 aliphatic carbocycles. The lowest BCUT2D eigenvalue weighted by molar-refractivity contribution is -0.160. The van der Waals surface area contributed by atoms with Gasteiger partial charge >= 0.3 is 12.4 Å². The summed E-state index contributed by atoms with van der Waals surface area (Å²) in [4.78, 5) is 49.9. The molecule has 0 saturated carbocycles. The van der Waals surface area contributed by atoms with Gasteiger partial charge in [-0.15, -0.1) is 0 Å². The van der Waals surface area contributed by atoms with E-state index in [-0.39, 0.29) is 24.0 Å². The average Bonchev–Trinajstić information content (AvgIpc) is 3.13. The fraction of sp³-hybridized carbons (Fsp3) is 0.304. The van der Waals surface area contributed by atoms with Crippen LogP contribution >= 0.6 is 0 Å². The monoisotopic (exact) mass is 531 g/mol. The molecule has 0 spiro atoms. The number of imide groups is 1. The summed E-state index contributed by atoms with van der Waals surface area (Å²) in [6.45, 7) is -0.507. The van der Waals surface area contributed by atoms with Crippen LogP contribution in [0.4, 0.5) is 30.7 Å². The van der Waals surface area contributed by atoms with Crippen LogP contribution in [0.1, 0.15) is 56.3 Å². The number of amides is 4. The lowest BCUT2D eigenvalue weighted by Crippen LogP contribution is -2.52. The Bertz CT molecular complexity index is 1310. The maximum atomic E-state index is 15.3. The van der Waals surface area contributed by atoms with Crippen LogP contribution in [-0.2, 0) is 22.3 Å². The number of rotatable bonds is 4. The summed E-state index contributed by atoms with van der Waals surface area (Å²) in [7, 11) is 0. The van der Waals surface area contributed by atoms with E-state index in [2.05, 4.69) is 0 Å². The maximum absolute atomic E-state index is 15.3. The molecule has 4 rings (SSSR count). The van der Waals surface area contributed by atoms with Crippen molar-refractivity contribution < 1.29 is 49.9 Å². The van der Waals surface area contributed by atoms with Crippen LogP contribution in [0, 0.1) is 5.82 Å². The van der Waals surface area contributed by atoms with Crippen molar-refractivity contribution in [2.24, 2.45) is 0 Å². The first kappa shape index (κ1) is 26.1. The molecule has 2 heterocycles. The van der Waals surface area contributed by atoms with Gasteiger partial charge in [0.2, 0.25) is 11.8 Å². The van der Waals surface area contributed by atoms with E-state index in [1.807, 2.05) is 5.32 Å². The molecule has 2 aliphatic heterocycles. The first-order valence-corrected chi connectivity index (χ1v) is 10.7. The highest BCUT2D eigenvalue weighted by Gasteiger charge is 2.47. The van der Waals surface area contributed by atoms with Gasteiger partial charge in [0.05, 0.1) is 17.7 Å². The van der Waals surface area contributed by atoms with Gasteiger partial charge in [-0.25, -0.2) is 4.39 Å². The zero-order chi connectivity index (χ0) is 27.3. The molecule has 0 bridgehead atoms. The second-order valence-corrected chi connectivity index (χ2v) is 8.39. The number of nitrogens with zero attached hydrogens (tertiary/aromatic N) is 1. The van der Waals surface area contributed by atoms with E-state index in [1.54, 1.807) is 0 Å². The third kappa shape index (κ3) is 4.87. The molecule has 14 heteroatoms. The Morgan fingerprint density at radius 1 is 1.03 bits per heavy atom. The second kappa shape index (κ2) is 9.16. The van der Waals surface area contributed by atoms with Gasteiger partial charge in [0.1, 0.15) is 11.9 Å². The predicted molar refractivity (Wildman–Crippen MR) is 110 cm³/mol. The van der Waals surface area contributed by atoms with Gasteiger partial charge in [-0.05, 0) is 30.2 Å². The van der Waals surface area contributed by atoms with Gasteiger partial charge in [0, 0.05) is 17.5 Å². The van der Waals surface area contributed by atoms with Crippen molar-refractivity contribution in [3.05, 3.63) is 70.0 Å². The Morgan fingerprint density at radius 2 is 1.70 bits per heavy atom. The minimum Gasteiger partial charge on any atom is -0.337 e. The maximum Gasteiger partial charge on any atom is 0.416 e. The number of nitrogens with one attached hydrogen (secondary N) is 2. The quantitative estimate of drug-likeness (QED) is 0.466. The highest BCUT2D eigenvalue weighted by molar-refractivity contribution is 6.06. The van der Waals surface area contributed by atoms with Crippen LogP contribution in [0.3, 0.4) is 0 Å². The van der Waals surface area contributed by atoms with Gasteiger partial charge in [0.25, 0.3) is 11.8 Å². The molecular formula is C23H16F7N3O4. The number of benzene rings is 2. The minimum atomic E-state index is -5.37. The fourth-order valence-corrected chi connectivity index (χ4v) is 4.33. The minimum absolute atomic E-state index is 0.0365. The van der Waals surface area contributed by atoms with Crippen LogP contribution in [0.25, 0.3) is 0 Å². The van der Waals surface area contributed by atoms with Crippen LogP contribution in [0.5, 0.6) is 0 Å². The van der Waals surface area contributed by atoms with E-state index in [1.165, 1.54) is 5.32 Å². The van der Waals surface area contributed by atoms with E-state index in [0.717, 1.165) is 29.2 Å². The molecular weight excluding hydrogens is 515 g/mol. The molecule has 0 aromatic heterocycles. The van der Waals surface area contributed by atoms with Crippen molar-refractivity contribution in [2.45, 2.75) is 43.8 Å². The largest absolute Gasteiger partial charge is 0.416 e. The first-order valence-electron chi connectivity index (χ1n) is 10.7. The van der Waals surface area contributed by atoms with Gasteiger partial charge in [-0.2, -0.15) is 26.3 Å². The number of halogens is 7. The van der Waals surface area contributed by atoms with Crippen LogP contribution in [-0.4, -0.2) is 40.7 Å². The standard InChI is InChI=1S/C23H16F7N3O4/c24-17-12(6-5-10-13(17)9-33(21(10)37)15-7-8-16(34)31-20(15)36)19(35)32-18(23(28,29)30)11-3-1-2-4-14(11)22(25,26)27/h1-6,15,18H,7-9H2,(H,32,35)(H,31,34,36)/t15?,18-/m1/s1. The zero-order valence-corrected chi connectivity index (χ0v) is 18.5. The molecule has 196 valence electrons. The number of carbonyl (C=O) groups is 4. The lowest BCUT2D eigenvalue weighted by Gasteiger charge is -2.29. The number of fused-ring (bicyclic) bond motifs is 1. The van der Waals surface area contributed by atoms with Crippen molar-refractivity contribution >= 4 is 23.6 Å². The Morgan fingerprint density at radius 3 is 2.32 bits per heavy atom. The van der Waals surface area contributed by atoms with Crippen molar-refractivity contribution in [1.29, 1.82) is 0 Å². The third-order valence-corrected chi connectivity index (χ3v) is 6.07. The molecule has 1 saturated heterocycles. The molecule has 2 N–H and O–H groups in total. The zero-order valence-electron chi connectivity index (χ0n) is 18.5. The Hall–Kier alpha value is -3.97. The van der Waals surface area contributed by atoms with E-state index >= 15 is 4.39 Å². The summed E-state index contributed by atoms with van der Waals surface area (Å²) in [6.07, 6.45) is -10.7. The van der Waals surface area contributed by atoms with Crippen LogP contribution < -0.4 is 10.6 Å². The van der Waals surface area contributed by atoms with E-state index in [4.69, 9.17) is 0 Å². The molecule has 2 aliphatic rings. The highest BCUT2D eigenvalue weighted by atomic mass is 19.4. The summed E-state index contributed by atoms with van der Waals surface area (Å²) in [5.74, 6) is -5.15. The van der Waals surface area contributed by atoms with Crippen molar-refractivity contribution in [1.82, 2.24) is 15.5 Å². The van der Waals surface area contributed by atoms with Crippen molar-refractivity contribution in [3.8, 4) is 0 Å². The summed E-state index contributed by atoms with van der Waals surface area (Å²) >= 11 is 0. The lowest BCUT2D eigenvalue weighted by atomic mass is 9.98. The molecule has 0 radical (unpaired) electrons. The van der Waals surface area contributed by atoms with Crippen molar-refractivity contribution in [2.75, 3.05) is 0 Å². The Balaban J connectivity index is 1.64. The fourth-order valence-electron chi connectivity index (χ4n) is 4.33. The first-order chi connectivity index (χ1) is 17.2. The number of hydrogen-bond donors (Lipinski definition) is 2. The Labute approximate surface area is 203 Å². The smallest absolute Gasteiger partial charge is 0.337 e. The number of alkyl halides is 6. The molecule has 4 amide bonds. The topological polar surface area (TPSA) is 95.6 Å². The van der Waals surface area contributed by atoms with Crippen LogP contribution in [0.2, 0.25) is 0 Å². The summed E-state index contributed by atoms with van der Waals surface area (Å²) in [5.41, 5.74) is -4.46. The van der Waals surface area contributed by atoms with Crippen LogP contribution in [0.15, 0.2) is 36.4 Å². The molecule has 2 aromatic rings. The third-order valence-electron chi connectivity index (χ3n) is 6.07. The number of hydrogen-bond acceptors (Lipinski definition) is 4. The summed E-state index contributed by atoms with van der Waals surface area (Å²) in [5, 5.41) is 3.48. The molecule has 2 atom stereocenters. The second-order valence-electron chi connectivity index (χ2n) is 8.39. The number of piperidine rings is 1. The average molecular weight is 531 g/mol. The SMILES string of the molecule is O=C1CCC(N2Cc3c(ccc(C(=O)N[C@H](c4ccccc4C(F)(F)F)C(F)(F)F)c3F)C2=O)C(=O)N1. The number of carbonyl (C=O) groups excluding carboxylic acids is 4. The van der Waals surface area contributed by atoms with E-state index < -0.39 is 77.1 Å². The normalized spacial score (nSPS) is 18.9. The predicted octanol–water partition coefficient (Wildman–Crippen LogP) is 3.64. The summed E-state index contributed by atoms with van der Waals surface area (Å²) in [6, 6.07) is 0.275. The summed E-state index contributed by atoms with van der Waals surface area (Å²) < 4.78 is 96.5. The Kier molecular flexibility index (Phi) is 6.46.